The van der Waals surface area contributed by atoms with Crippen molar-refractivity contribution in [3.05, 3.63) is 35.4 Å². The topological polar surface area (TPSA) is 38.0 Å². The number of nitrogens with two attached hydrogens (primary N) is 1. The van der Waals surface area contributed by atoms with Gasteiger partial charge < -0.3 is 0 Å². The number of rotatable bonds is 7. The predicted molar refractivity (Wildman–Crippen MR) is 78.1 cm³/mol. The second-order valence-electron chi connectivity index (χ2n) is 4.59. The van der Waals surface area contributed by atoms with Crippen LogP contribution in [0.15, 0.2) is 24.3 Å². The average Bonchev–Trinajstić information content (AvgIpc) is 2.32. The first-order valence-electron chi connectivity index (χ1n) is 6.34. The lowest BCUT2D eigenvalue weighted by molar-refractivity contribution is 0.610. The minimum Gasteiger partial charge on any atom is -0.271 e. The Morgan fingerprint density at radius 1 is 1.24 bits per heavy atom. The first-order chi connectivity index (χ1) is 8.17. The summed E-state index contributed by atoms with van der Waals surface area (Å²) < 4.78 is 0. The third-order valence-electron chi connectivity index (χ3n) is 2.72. The van der Waals surface area contributed by atoms with Gasteiger partial charge in [0.25, 0.3) is 0 Å². The van der Waals surface area contributed by atoms with Gasteiger partial charge >= 0.3 is 0 Å². The Balaban J connectivity index is 2.61. The molecule has 1 aromatic rings. The van der Waals surface area contributed by atoms with Gasteiger partial charge in [-0.3, -0.25) is 11.3 Å². The van der Waals surface area contributed by atoms with Gasteiger partial charge in [0.2, 0.25) is 0 Å². The quantitative estimate of drug-likeness (QED) is 0.578. The number of aryl methyl sites for hydroxylation is 1. The van der Waals surface area contributed by atoms with Gasteiger partial charge in [0.1, 0.15) is 0 Å². The first-order valence-corrected chi connectivity index (χ1v) is 7.38. The molecule has 96 valence electrons. The van der Waals surface area contributed by atoms with E-state index >= 15 is 0 Å². The summed E-state index contributed by atoms with van der Waals surface area (Å²) in [6.45, 7) is 6.63. The van der Waals surface area contributed by atoms with E-state index in [4.69, 9.17) is 5.84 Å². The maximum absolute atomic E-state index is 5.62. The van der Waals surface area contributed by atoms with E-state index in [2.05, 4.69) is 50.5 Å². The van der Waals surface area contributed by atoms with Gasteiger partial charge in [0.05, 0.1) is 6.04 Å². The highest BCUT2D eigenvalue weighted by atomic mass is 32.2. The van der Waals surface area contributed by atoms with Gasteiger partial charge in [-0.15, -0.1) is 0 Å². The van der Waals surface area contributed by atoms with Crippen LogP contribution in [0, 0.1) is 0 Å². The lowest BCUT2D eigenvalue weighted by Gasteiger charge is -2.17. The Morgan fingerprint density at radius 2 is 1.88 bits per heavy atom. The molecule has 1 aromatic carbocycles. The second kappa shape index (κ2) is 7.75. The Bertz CT molecular complexity index is 309. The fourth-order valence-corrected chi connectivity index (χ4v) is 2.60. The van der Waals surface area contributed by atoms with E-state index in [-0.39, 0.29) is 6.04 Å². The SMILES string of the molecule is CCCc1ccc(C(CSC(C)C)NN)cc1. The molecule has 0 aliphatic carbocycles. The fourth-order valence-electron chi connectivity index (χ4n) is 1.73. The zero-order valence-corrected chi connectivity index (χ0v) is 11.9. The van der Waals surface area contributed by atoms with Crippen LogP contribution in [0.5, 0.6) is 0 Å². The van der Waals surface area contributed by atoms with Crippen LogP contribution >= 0.6 is 11.8 Å². The van der Waals surface area contributed by atoms with Gasteiger partial charge in [-0.25, -0.2) is 0 Å². The molecule has 1 atom stereocenters. The molecule has 0 fully saturated rings. The van der Waals surface area contributed by atoms with Crippen molar-refractivity contribution in [2.45, 2.75) is 44.9 Å². The number of nitrogens with one attached hydrogen (secondary N) is 1. The van der Waals surface area contributed by atoms with E-state index in [9.17, 15) is 0 Å². The molecule has 0 aliphatic heterocycles. The fraction of sp³-hybridized carbons (Fsp3) is 0.571. The van der Waals surface area contributed by atoms with Crippen LogP contribution in [0.4, 0.5) is 0 Å². The number of benzene rings is 1. The van der Waals surface area contributed by atoms with E-state index in [1.54, 1.807) is 0 Å². The molecule has 0 aromatic heterocycles. The smallest absolute Gasteiger partial charge is 0.0550 e. The van der Waals surface area contributed by atoms with Crippen LogP contribution in [-0.2, 0) is 6.42 Å². The molecule has 2 nitrogen and oxygen atoms in total. The van der Waals surface area contributed by atoms with Crippen LogP contribution < -0.4 is 11.3 Å². The third kappa shape index (κ3) is 5.11. The summed E-state index contributed by atoms with van der Waals surface area (Å²) in [4.78, 5) is 0. The number of hydrogen-bond acceptors (Lipinski definition) is 3. The first kappa shape index (κ1) is 14.6. The summed E-state index contributed by atoms with van der Waals surface area (Å²) in [7, 11) is 0. The molecule has 0 bridgehead atoms. The monoisotopic (exact) mass is 252 g/mol. The summed E-state index contributed by atoms with van der Waals surface area (Å²) in [6.07, 6.45) is 2.35. The Kier molecular flexibility index (Phi) is 6.63. The van der Waals surface area contributed by atoms with E-state index in [0.29, 0.717) is 5.25 Å². The van der Waals surface area contributed by atoms with Crippen LogP contribution in [-0.4, -0.2) is 11.0 Å². The molecule has 0 saturated heterocycles. The molecule has 0 saturated carbocycles. The van der Waals surface area contributed by atoms with E-state index in [1.165, 1.54) is 17.5 Å². The van der Waals surface area contributed by atoms with E-state index < -0.39 is 0 Å². The molecule has 0 heterocycles. The zero-order valence-electron chi connectivity index (χ0n) is 11.1. The van der Waals surface area contributed by atoms with Gasteiger partial charge in [-0.2, -0.15) is 11.8 Å². The molecule has 3 N–H and O–H groups in total. The van der Waals surface area contributed by atoms with Crippen molar-refractivity contribution in [1.82, 2.24) is 5.43 Å². The van der Waals surface area contributed by atoms with Gasteiger partial charge in [-0.05, 0) is 22.8 Å². The normalized spacial score (nSPS) is 13.0. The Morgan fingerprint density at radius 3 is 2.35 bits per heavy atom. The third-order valence-corrected chi connectivity index (χ3v) is 3.91. The number of hydrogen-bond donors (Lipinski definition) is 2. The van der Waals surface area contributed by atoms with Gasteiger partial charge in [-0.1, -0.05) is 51.5 Å². The molecule has 1 unspecified atom stereocenters. The highest BCUT2D eigenvalue weighted by Crippen LogP contribution is 2.21. The van der Waals surface area contributed by atoms with E-state index in [1.807, 2.05) is 11.8 Å². The van der Waals surface area contributed by atoms with Crippen LogP contribution in [0.3, 0.4) is 0 Å². The summed E-state index contributed by atoms with van der Waals surface area (Å²) in [5.74, 6) is 6.64. The van der Waals surface area contributed by atoms with Crippen molar-refractivity contribution >= 4 is 11.8 Å². The standard InChI is InChI=1S/C14H24N2S/c1-4-5-12-6-8-13(9-7-12)14(16-15)10-17-11(2)3/h6-9,11,14,16H,4-5,10,15H2,1-3H3. The minimum atomic E-state index is 0.248. The van der Waals surface area contributed by atoms with Crippen molar-refractivity contribution in [3.63, 3.8) is 0 Å². The molecule has 17 heavy (non-hydrogen) atoms. The lowest BCUT2D eigenvalue weighted by Crippen LogP contribution is -2.30. The Hall–Kier alpha value is -0.510. The van der Waals surface area contributed by atoms with Crippen molar-refractivity contribution in [2.24, 2.45) is 5.84 Å². The van der Waals surface area contributed by atoms with Crippen LogP contribution in [0.2, 0.25) is 0 Å². The van der Waals surface area contributed by atoms with Crippen molar-refractivity contribution in [3.8, 4) is 0 Å². The average molecular weight is 252 g/mol. The summed E-state index contributed by atoms with van der Waals surface area (Å²) in [5, 5.41) is 0.644. The molecule has 0 amide bonds. The number of thioether (sulfide) groups is 1. The maximum atomic E-state index is 5.62. The molecule has 0 radical (unpaired) electrons. The molecular weight excluding hydrogens is 228 g/mol. The summed E-state index contributed by atoms with van der Waals surface area (Å²) in [6, 6.07) is 9.05. The number of hydrazine groups is 1. The summed E-state index contributed by atoms with van der Waals surface area (Å²) in [5.41, 5.74) is 5.59. The van der Waals surface area contributed by atoms with Crippen molar-refractivity contribution in [1.29, 1.82) is 0 Å². The molecule has 0 aliphatic rings. The van der Waals surface area contributed by atoms with Crippen molar-refractivity contribution < 1.29 is 0 Å². The molecule has 1 rings (SSSR count). The summed E-state index contributed by atoms with van der Waals surface area (Å²) >= 11 is 1.93. The van der Waals surface area contributed by atoms with Crippen LogP contribution in [0.25, 0.3) is 0 Å². The highest BCUT2D eigenvalue weighted by Gasteiger charge is 2.10. The largest absolute Gasteiger partial charge is 0.271 e. The second-order valence-corrected chi connectivity index (χ2v) is 6.20. The highest BCUT2D eigenvalue weighted by molar-refractivity contribution is 7.99. The lowest BCUT2D eigenvalue weighted by atomic mass is 10.0. The van der Waals surface area contributed by atoms with Gasteiger partial charge in [0, 0.05) is 5.75 Å². The molecule has 3 heteroatoms. The Labute approximate surface area is 109 Å². The zero-order chi connectivity index (χ0) is 12.7. The predicted octanol–water partition coefficient (Wildman–Crippen LogP) is 3.29. The van der Waals surface area contributed by atoms with Crippen LogP contribution in [0.1, 0.15) is 44.4 Å². The van der Waals surface area contributed by atoms with Crippen molar-refractivity contribution in [2.75, 3.05) is 5.75 Å². The molecule has 0 spiro atoms. The van der Waals surface area contributed by atoms with E-state index in [0.717, 1.165) is 12.2 Å². The van der Waals surface area contributed by atoms with Gasteiger partial charge in [0.15, 0.2) is 0 Å². The maximum Gasteiger partial charge on any atom is 0.0550 e. The minimum absolute atomic E-state index is 0.248. The molecular formula is C14H24N2S.